The van der Waals surface area contributed by atoms with Gasteiger partial charge in [0.05, 0.1) is 19.1 Å². The Bertz CT molecular complexity index is 383. The molecule has 5 heteroatoms. The third kappa shape index (κ3) is 3.30. The Kier molecular flexibility index (Phi) is 4.28. The van der Waals surface area contributed by atoms with Crippen LogP contribution in [0.15, 0.2) is 12.5 Å². The lowest BCUT2D eigenvalue weighted by Gasteiger charge is -2.23. The van der Waals surface area contributed by atoms with Crippen LogP contribution in [0.2, 0.25) is 0 Å². The molecular weight excluding hydrogens is 218 g/mol. The van der Waals surface area contributed by atoms with Gasteiger partial charge in [0.1, 0.15) is 5.54 Å². The number of ether oxygens (including phenoxy) is 1. The molecule has 0 aliphatic carbocycles. The van der Waals surface area contributed by atoms with Crippen molar-refractivity contribution < 1.29 is 9.53 Å². The lowest BCUT2D eigenvalue weighted by atomic mass is 10.1. The molecule has 0 bridgehead atoms. The van der Waals surface area contributed by atoms with Crippen LogP contribution in [-0.4, -0.2) is 28.2 Å². The fourth-order valence-corrected chi connectivity index (χ4v) is 1.57. The summed E-state index contributed by atoms with van der Waals surface area (Å²) in [4.78, 5) is 15.6. The molecule has 0 spiro atoms. The van der Waals surface area contributed by atoms with Gasteiger partial charge >= 0.3 is 5.97 Å². The average Bonchev–Trinajstić information content (AvgIpc) is 2.73. The van der Waals surface area contributed by atoms with Crippen molar-refractivity contribution >= 4 is 5.97 Å². The maximum atomic E-state index is 11.5. The number of aromatic nitrogens is 2. The van der Waals surface area contributed by atoms with Crippen molar-refractivity contribution in [3.05, 3.63) is 18.2 Å². The van der Waals surface area contributed by atoms with Gasteiger partial charge in [0, 0.05) is 18.8 Å². The van der Waals surface area contributed by atoms with Gasteiger partial charge in [0.2, 0.25) is 0 Å². The number of methoxy groups -OCH3 is 1. The van der Waals surface area contributed by atoms with Crippen LogP contribution in [0.4, 0.5) is 0 Å². The Morgan fingerprint density at radius 1 is 1.59 bits per heavy atom. The van der Waals surface area contributed by atoms with Crippen LogP contribution in [0.1, 0.15) is 39.4 Å². The van der Waals surface area contributed by atoms with E-state index in [1.165, 1.54) is 7.11 Å². The minimum Gasteiger partial charge on any atom is -0.468 e. The van der Waals surface area contributed by atoms with Crippen molar-refractivity contribution in [2.45, 2.75) is 45.8 Å². The fraction of sp³-hybridized carbons (Fsp3) is 0.667. The summed E-state index contributed by atoms with van der Waals surface area (Å²) in [6, 6.07) is 0.357. The molecule has 1 aromatic heterocycles. The van der Waals surface area contributed by atoms with E-state index < -0.39 is 5.54 Å². The van der Waals surface area contributed by atoms with Crippen LogP contribution in [0.3, 0.4) is 0 Å². The van der Waals surface area contributed by atoms with Crippen LogP contribution < -0.4 is 5.32 Å². The van der Waals surface area contributed by atoms with Crippen LogP contribution >= 0.6 is 0 Å². The zero-order valence-electron chi connectivity index (χ0n) is 11.2. The predicted molar refractivity (Wildman–Crippen MR) is 65.5 cm³/mol. The first-order valence-corrected chi connectivity index (χ1v) is 5.72. The SMILES string of the molecule is COC(=O)C(C)(C)NCc1cncn1C(C)C. The van der Waals surface area contributed by atoms with Gasteiger partial charge in [-0.3, -0.25) is 10.1 Å². The number of rotatable bonds is 5. The smallest absolute Gasteiger partial charge is 0.325 e. The zero-order chi connectivity index (χ0) is 13.1. The Hall–Kier alpha value is -1.36. The van der Waals surface area contributed by atoms with Crippen molar-refractivity contribution in [3.8, 4) is 0 Å². The van der Waals surface area contributed by atoms with Gasteiger partial charge in [0.15, 0.2) is 0 Å². The second-order valence-corrected chi connectivity index (χ2v) is 4.86. The first-order valence-electron chi connectivity index (χ1n) is 5.72. The van der Waals surface area contributed by atoms with Gasteiger partial charge in [-0.2, -0.15) is 0 Å². The lowest BCUT2D eigenvalue weighted by molar-refractivity contribution is -0.147. The van der Waals surface area contributed by atoms with Gasteiger partial charge in [-0.15, -0.1) is 0 Å². The van der Waals surface area contributed by atoms with E-state index in [2.05, 4.69) is 28.7 Å². The Morgan fingerprint density at radius 3 is 2.76 bits per heavy atom. The molecule has 5 nitrogen and oxygen atoms in total. The highest BCUT2D eigenvalue weighted by Crippen LogP contribution is 2.11. The highest BCUT2D eigenvalue weighted by molar-refractivity contribution is 5.79. The molecular formula is C12H21N3O2. The summed E-state index contributed by atoms with van der Waals surface area (Å²) in [5.41, 5.74) is 0.359. The predicted octanol–water partition coefficient (Wildman–Crippen LogP) is 1.51. The molecule has 0 aliphatic rings. The zero-order valence-corrected chi connectivity index (χ0v) is 11.2. The summed E-state index contributed by atoms with van der Waals surface area (Å²) in [5, 5.41) is 3.17. The molecule has 17 heavy (non-hydrogen) atoms. The molecule has 1 rings (SSSR count). The first-order chi connectivity index (χ1) is 7.88. The Morgan fingerprint density at radius 2 is 2.24 bits per heavy atom. The van der Waals surface area contributed by atoms with E-state index >= 15 is 0 Å². The molecule has 0 aromatic carbocycles. The molecule has 0 aliphatic heterocycles. The maximum Gasteiger partial charge on any atom is 0.325 e. The molecule has 0 atom stereocenters. The van der Waals surface area contributed by atoms with E-state index in [1.807, 2.05) is 0 Å². The second kappa shape index (κ2) is 5.31. The van der Waals surface area contributed by atoms with Crippen molar-refractivity contribution in [3.63, 3.8) is 0 Å². The molecule has 0 radical (unpaired) electrons. The summed E-state index contributed by atoms with van der Waals surface area (Å²) in [6.07, 6.45) is 3.60. The molecule has 0 fully saturated rings. The molecule has 0 unspecified atom stereocenters. The van der Waals surface area contributed by atoms with Crippen LogP contribution in [0.25, 0.3) is 0 Å². The van der Waals surface area contributed by atoms with Crippen molar-refractivity contribution in [2.24, 2.45) is 0 Å². The fourth-order valence-electron chi connectivity index (χ4n) is 1.57. The highest BCUT2D eigenvalue weighted by atomic mass is 16.5. The molecule has 0 saturated carbocycles. The quantitative estimate of drug-likeness (QED) is 0.791. The number of imidazole rings is 1. The van der Waals surface area contributed by atoms with Gasteiger partial charge in [-0.1, -0.05) is 0 Å². The highest BCUT2D eigenvalue weighted by Gasteiger charge is 2.28. The van der Waals surface area contributed by atoms with Crippen molar-refractivity contribution in [1.29, 1.82) is 0 Å². The molecule has 1 heterocycles. The number of nitrogens with one attached hydrogen (secondary N) is 1. The monoisotopic (exact) mass is 239 g/mol. The second-order valence-electron chi connectivity index (χ2n) is 4.86. The number of nitrogens with zero attached hydrogens (tertiary/aromatic N) is 2. The number of hydrogen-bond donors (Lipinski definition) is 1. The van der Waals surface area contributed by atoms with Crippen molar-refractivity contribution in [1.82, 2.24) is 14.9 Å². The Labute approximate surface area is 102 Å². The maximum absolute atomic E-state index is 11.5. The number of esters is 1. The van der Waals surface area contributed by atoms with Gasteiger partial charge < -0.3 is 9.30 Å². The molecule has 0 amide bonds. The van der Waals surface area contributed by atoms with Gasteiger partial charge in [-0.25, -0.2) is 4.98 Å². The lowest BCUT2D eigenvalue weighted by Crippen LogP contribution is -2.47. The van der Waals surface area contributed by atoms with E-state index in [4.69, 9.17) is 4.74 Å². The van der Waals surface area contributed by atoms with E-state index in [0.29, 0.717) is 12.6 Å². The minimum atomic E-state index is -0.694. The summed E-state index contributed by atoms with van der Waals surface area (Å²) in [5.74, 6) is -0.270. The van der Waals surface area contributed by atoms with E-state index in [1.54, 1.807) is 26.4 Å². The number of carbonyl (C=O) groups excluding carboxylic acids is 1. The van der Waals surface area contributed by atoms with E-state index in [-0.39, 0.29) is 5.97 Å². The van der Waals surface area contributed by atoms with Crippen LogP contribution in [0.5, 0.6) is 0 Å². The first kappa shape index (κ1) is 13.7. The summed E-state index contributed by atoms with van der Waals surface area (Å²) in [7, 11) is 1.39. The third-order valence-corrected chi connectivity index (χ3v) is 2.71. The standard InChI is InChI=1S/C12H21N3O2/c1-9(2)15-8-13-6-10(15)7-14-12(3,4)11(16)17-5/h6,8-9,14H,7H2,1-5H3. The molecule has 0 saturated heterocycles. The summed E-state index contributed by atoms with van der Waals surface area (Å²) in [6.45, 7) is 8.37. The van der Waals surface area contributed by atoms with Gasteiger partial charge in [0.25, 0.3) is 0 Å². The van der Waals surface area contributed by atoms with Gasteiger partial charge in [-0.05, 0) is 27.7 Å². The van der Waals surface area contributed by atoms with Crippen molar-refractivity contribution in [2.75, 3.05) is 7.11 Å². The average molecular weight is 239 g/mol. The van der Waals surface area contributed by atoms with E-state index in [0.717, 1.165) is 5.69 Å². The molecule has 1 aromatic rings. The van der Waals surface area contributed by atoms with Crippen LogP contribution in [-0.2, 0) is 16.1 Å². The Balaban J connectivity index is 2.67. The third-order valence-electron chi connectivity index (χ3n) is 2.71. The number of carbonyl (C=O) groups is 1. The molecule has 96 valence electrons. The normalized spacial score (nSPS) is 11.9. The van der Waals surface area contributed by atoms with E-state index in [9.17, 15) is 4.79 Å². The van der Waals surface area contributed by atoms with Crippen LogP contribution in [0, 0.1) is 0 Å². The topological polar surface area (TPSA) is 56.1 Å². The molecule has 1 N–H and O–H groups in total. The largest absolute Gasteiger partial charge is 0.468 e. The number of hydrogen-bond acceptors (Lipinski definition) is 4. The summed E-state index contributed by atoms with van der Waals surface area (Å²) >= 11 is 0. The summed E-state index contributed by atoms with van der Waals surface area (Å²) < 4.78 is 6.81. The minimum absolute atomic E-state index is 0.270.